The van der Waals surface area contributed by atoms with E-state index in [4.69, 9.17) is 9.47 Å². The molecular formula is C23H30O6. The maximum Gasteiger partial charge on any atom is 0.310 e. The molecule has 0 spiro atoms. The van der Waals surface area contributed by atoms with Crippen LogP contribution in [0, 0.1) is 17.3 Å². The second-order valence-electron chi connectivity index (χ2n) is 9.27. The fraction of sp³-hybridized carbons (Fsp3) is 0.609. The molecule has 0 aromatic heterocycles. The van der Waals surface area contributed by atoms with Crippen molar-refractivity contribution in [3.05, 3.63) is 29.3 Å². The third-order valence-corrected chi connectivity index (χ3v) is 5.84. The molecule has 1 aromatic rings. The van der Waals surface area contributed by atoms with Gasteiger partial charge in [-0.15, -0.1) is 0 Å². The number of carbonyl (C=O) groups excluding carboxylic acids is 3. The van der Waals surface area contributed by atoms with Crippen molar-refractivity contribution in [2.75, 3.05) is 13.2 Å². The van der Waals surface area contributed by atoms with Crippen LogP contribution in [0.25, 0.3) is 0 Å². The van der Waals surface area contributed by atoms with Gasteiger partial charge in [-0.05, 0) is 41.5 Å². The highest BCUT2D eigenvalue weighted by Gasteiger charge is 2.57. The van der Waals surface area contributed by atoms with Crippen molar-refractivity contribution >= 4 is 17.7 Å². The van der Waals surface area contributed by atoms with E-state index in [1.54, 1.807) is 12.1 Å². The van der Waals surface area contributed by atoms with E-state index in [-0.39, 0.29) is 36.6 Å². The third-order valence-electron chi connectivity index (χ3n) is 5.84. The maximum absolute atomic E-state index is 13.1. The van der Waals surface area contributed by atoms with Crippen molar-refractivity contribution in [1.82, 2.24) is 0 Å². The van der Waals surface area contributed by atoms with E-state index in [1.807, 2.05) is 6.92 Å². The van der Waals surface area contributed by atoms with Gasteiger partial charge in [-0.3, -0.25) is 14.4 Å². The monoisotopic (exact) mass is 402 g/mol. The Hall–Kier alpha value is -2.37. The molecule has 3 aliphatic carbocycles. The highest BCUT2D eigenvalue weighted by atomic mass is 16.5. The largest absolute Gasteiger partial charge is 0.508 e. The van der Waals surface area contributed by atoms with E-state index in [9.17, 15) is 19.5 Å². The molecule has 1 saturated carbocycles. The Morgan fingerprint density at radius 1 is 1.07 bits per heavy atom. The fourth-order valence-electron chi connectivity index (χ4n) is 4.41. The molecule has 1 fully saturated rings. The molecule has 4 atom stereocenters. The Kier molecular flexibility index (Phi) is 6.01. The summed E-state index contributed by atoms with van der Waals surface area (Å²) < 4.78 is 10.9. The number of phenolic OH excluding ortho intramolecular Hbond substituents is 1. The van der Waals surface area contributed by atoms with E-state index < -0.39 is 35.6 Å². The Morgan fingerprint density at radius 3 is 2.38 bits per heavy atom. The molecule has 0 aliphatic heterocycles. The third kappa shape index (κ3) is 4.31. The molecule has 0 radical (unpaired) electrons. The van der Waals surface area contributed by atoms with Crippen LogP contribution in [0.4, 0.5) is 0 Å². The number of carbonyl (C=O) groups is 3. The Balaban J connectivity index is 1.94. The number of phenols is 1. The summed E-state index contributed by atoms with van der Waals surface area (Å²) in [5.41, 5.74) is 1.49. The zero-order chi connectivity index (χ0) is 21.3. The summed E-state index contributed by atoms with van der Waals surface area (Å²) in [6, 6.07) is 4.83. The number of hydrogen-bond acceptors (Lipinski definition) is 6. The van der Waals surface area contributed by atoms with Gasteiger partial charge < -0.3 is 14.6 Å². The molecule has 0 amide bonds. The summed E-state index contributed by atoms with van der Waals surface area (Å²) >= 11 is 0. The van der Waals surface area contributed by atoms with Gasteiger partial charge >= 0.3 is 11.9 Å². The summed E-state index contributed by atoms with van der Waals surface area (Å²) in [5.74, 6) is -3.94. The lowest BCUT2D eigenvalue weighted by Crippen LogP contribution is -2.50. The number of ketones is 1. The maximum atomic E-state index is 13.1. The lowest BCUT2D eigenvalue weighted by Gasteiger charge is -2.46. The first-order valence-electron chi connectivity index (χ1n) is 10.3. The lowest BCUT2D eigenvalue weighted by atomic mass is 9.55. The van der Waals surface area contributed by atoms with Crippen LogP contribution in [0.5, 0.6) is 5.75 Å². The van der Waals surface area contributed by atoms with Gasteiger partial charge in [0, 0.05) is 12.3 Å². The minimum Gasteiger partial charge on any atom is -0.508 e. The predicted molar refractivity (Wildman–Crippen MR) is 106 cm³/mol. The molecule has 1 unspecified atom stereocenters. The van der Waals surface area contributed by atoms with E-state index in [1.165, 1.54) is 6.07 Å². The van der Waals surface area contributed by atoms with Crippen molar-refractivity contribution in [2.45, 2.75) is 58.8 Å². The molecule has 0 heterocycles. The summed E-state index contributed by atoms with van der Waals surface area (Å²) in [7, 11) is 0. The molecular weight excluding hydrogens is 372 g/mol. The van der Waals surface area contributed by atoms with Crippen LogP contribution in [0.1, 0.15) is 69.9 Å². The number of fused-ring (bicyclic) bond motifs is 2. The SMILES string of the molecule is CCCOC(=O)[C@H]1[C@H](C(=O)OCCC(C)(C)C)C2CC(=O)[C@H]1c1cc(O)ccc12. The Bertz CT molecular complexity index is 806. The first kappa shape index (κ1) is 21.3. The number of Topliss-reactive ketones (excluding diaryl/α,β-unsaturated/α-hetero) is 1. The minimum absolute atomic E-state index is 0.0192. The summed E-state index contributed by atoms with van der Waals surface area (Å²) in [5, 5.41) is 9.92. The van der Waals surface area contributed by atoms with Crippen LogP contribution < -0.4 is 0 Å². The summed E-state index contributed by atoms with van der Waals surface area (Å²) in [6.07, 6.45) is 1.55. The van der Waals surface area contributed by atoms with Crippen molar-refractivity contribution in [2.24, 2.45) is 17.3 Å². The smallest absolute Gasteiger partial charge is 0.310 e. The topological polar surface area (TPSA) is 89.9 Å². The number of benzene rings is 1. The fourth-order valence-corrected chi connectivity index (χ4v) is 4.41. The lowest BCUT2D eigenvalue weighted by molar-refractivity contribution is -0.167. The quantitative estimate of drug-likeness (QED) is 0.730. The number of hydrogen-bond donors (Lipinski definition) is 1. The van der Waals surface area contributed by atoms with Crippen LogP contribution in [0.3, 0.4) is 0 Å². The molecule has 4 rings (SSSR count). The van der Waals surface area contributed by atoms with E-state index >= 15 is 0 Å². The highest BCUT2D eigenvalue weighted by Crippen LogP contribution is 2.55. The molecule has 0 saturated heterocycles. The van der Waals surface area contributed by atoms with E-state index in [0.717, 1.165) is 5.56 Å². The first-order chi connectivity index (χ1) is 13.6. The van der Waals surface area contributed by atoms with Gasteiger partial charge in [-0.1, -0.05) is 33.8 Å². The summed E-state index contributed by atoms with van der Waals surface area (Å²) in [4.78, 5) is 38.7. The second-order valence-corrected chi connectivity index (χ2v) is 9.27. The average Bonchev–Trinajstić information content (AvgIpc) is 2.64. The average molecular weight is 402 g/mol. The molecule has 29 heavy (non-hydrogen) atoms. The van der Waals surface area contributed by atoms with Gasteiger partial charge in [0.05, 0.1) is 31.0 Å². The van der Waals surface area contributed by atoms with Gasteiger partial charge in [0.15, 0.2) is 0 Å². The standard InChI is InChI=1S/C23H30O6/c1-5-9-28-22(27)20-18-15-11-13(24)6-7-14(15)16(12-17(18)25)19(20)21(26)29-10-8-23(2,3)4/h6-7,11,16,18-20,24H,5,8-10,12H2,1-4H3/t16?,18-,19-,20-/m1/s1. The van der Waals surface area contributed by atoms with Crippen LogP contribution in [0.15, 0.2) is 18.2 Å². The molecule has 6 nitrogen and oxygen atoms in total. The van der Waals surface area contributed by atoms with Crippen molar-refractivity contribution < 1.29 is 29.0 Å². The molecule has 3 aliphatic rings. The zero-order valence-corrected chi connectivity index (χ0v) is 17.6. The van der Waals surface area contributed by atoms with Crippen molar-refractivity contribution in [3.8, 4) is 5.75 Å². The Labute approximate surface area is 171 Å². The van der Waals surface area contributed by atoms with E-state index in [0.29, 0.717) is 18.4 Å². The second kappa shape index (κ2) is 8.17. The molecule has 1 N–H and O–H groups in total. The van der Waals surface area contributed by atoms with E-state index in [2.05, 4.69) is 20.8 Å². The van der Waals surface area contributed by atoms with Gasteiger partial charge in [0.1, 0.15) is 11.5 Å². The minimum atomic E-state index is -0.913. The number of aromatic hydroxyl groups is 1. The molecule has 2 bridgehead atoms. The van der Waals surface area contributed by atoms with Gasteiger partial charge in [-0.2, -0.15) is 0 Å². The van der Waals surface area contributed by atoms with Crippen LogP contribution >= 0.6 is 0 Å². The van der Waals surface area contributed by atoms with Crippen molar-refractivity contribution in [3.63, 3.8) is 0 Å². The number of esters is 2. The van der Waals surface area contributed by atoms with Gasteiger partial charge in [0.2, 0.25) is 0 Å². The first-order valence-corrected chi connectivity index (χ1v) is 10.3. The van der Waals surface area contributed by atoms with Gasteiger partial charge in [0.25, 0.3) is 0 Å². The van der Waals surface area contributed by atoms with Crippen LogP contribution in [0.2, 0.25) is 0 Å². The summed E-state index contributed by atoms with van der Waals surface area (Å²) in [6.45, 7) is 8.58. The van der Waals surface area contributed by atoms with Crippen molar-refractivity contribution in [1.29, 1.82) is 0 Å². The predicted octanol–water partition coefficient (Wildman–Crippen LogP) is 3.71. The highest BCUT2D eigenvalue weighted by molar-refractivity contribution is 5.99. The molecule has 1 aromatic carbocycles. The Morgan fingerprint density at radius 2 is 1.72 bits per heavy atom. The zero-order valence-electron chi connectivity index (χ0n) is 17.6. The number of ether oxygens (including phenoxy) is 2. The molecule has 158 valence electrons. The van der Waals surface area contributed by atoms with Crippen LogP contribution in [-0.2, 0) is 23.9 Å². The molecule has 6 heteroatoms. The number of rotatable bonds is 6. The normalized spacial score (nSPS) is 25.4. The van der Waals surface area contributed by atoms with Crippen LogP contribution in [-0.4, -0.2) is 36.0 Å². The van der Waals surface area contributed by atoms with Gasteiger partial charge in [-0.25, -0.2) is 0 Å².